The van der Waals surface area contributed by atoms with Crippen LogP contribution in [-0.2, 0) is 14.6 Å². The number of aryl methyl sites for hydroxylation is 1. The van der Waals surface area contributed by atoms with E-state index in [0.717, 1.165) is 15.7 Å². The van der Waals surface area contributed by atoms with Crippen LogP contribution in [0, 0.1) is 6.92 Å². The summed E-state index contributed by atoms with van der Waals surface area (Å²) in [7, 11) is -1.32. The highest BCUT2D eigenvalue weighted by atomic mass is 79.9. The predicted octanol–water partition coefficient (Wildman–Crippen LogP) is 1.44. The van der Waals surface area contributed by atoms with Gasteiger partial charge in [-0.2, -0.15) is 0 Å². The number of hydrogen-bond acceptors (Lipinski definition) is 4. The Kier molecular flexibility index (Phi) is 6.83. The lowest BCUT2D eigenvalue weighted by Crippen LogP contribution is -2.44. The summed E-state index contributed by atoms with van der Waals surface area (Å²) >= 11 is 3.39. The van der Waals surface area contributed by atoms with Crippen LogP contribution in [0.25, 0.3) is 0 Å². The number of carbonyl (C=O) groups excluding carboxylic acids is 1. The Morgan fingerprint density at radius 1 is 1.40 bits per heavy atom. The van der Waals surface area contributed by atoms with Gasteiger partial charge in [-0.05, 0) is 37.1 Å². The van der Waals surface area contributed by atoms with Crippen LogP contribution in [0.5, 0.6) is 0 Å². The van der Waals surface area contributed by atoms with Gasteiger partial charge in [0.2, 0.25) is 5.91 Å². The molecule has 0 aromatic heterocycles. The summed E-state index contributed by atoms with van der Waals surface area (Å²) in [5, 5.41) is 9.00. The van der Waals surface area contributed by atoms with Gasteiger partial charge in [0, 0.05) is 36.2 Å². The number of halogens is 1. The van der Waals surface area contributed by atoms with Gasteiger partial charge < -0.3 is 16.0 Å². The van der Waals surface area contributed by atoms with Crippen LogP contribution < -0.4 is 16.0 Å². The van der Waals surface area contributed by atoms with E-state index in [1.54, 1.807) is 7.05 Å². The van der Waals surface area contributed by atoms with Crippen molar-refractivity contribution in [3.63, 3.8) is 0 Å². The van der Waals surface area contributed by atoms with E-state index in [2.05, 4.69) is 36.9 Å². The minimum Gasteiger partial charge on any atom is -0.356 e. The Balaban J connectivity index is 1.75. The zero-order valence-electron chi connectivity index (χ0n) is 14.3. The summed E-state index contributed by atoms with van der Waals surface area (Å²) in [5.74, 6) is 0.736. The largest absolute Gasteiger partial charge is 0.356 e. The van der Waals surface area contributed by atoms with Crippen LogP contribution in [-0.4, -0.2) is 51.4 Å². The summed E-state index contributed by atoms with van der Waals surface area (Å²) in [6.07, 6.45) is 0.853. The molecule has 3 N–H and O–H groups in total. The molecule has 0 aliphatic carbocycles. The fraction of sp³-hybridized carbons (Fsp3) is 0.500. The highest BCUT2D eigenvalue weighted by Gasteiger charge is 2.28. The van der Waals surface area contributed by atoms with E-state index in [4.69, 9.17) is 0 Å². The van der Waals surface area contributed by atoms with E-state index >= 15 is 0 Å². The van der Waals surface area contributed by atoms with Gasteiger partial charge in [0.1, 0.15) is 0 Å². The van der Waals surface area contributed by atoms with Gasteiger partial charge in [0.15, 0.2) is 15.8 Å². The molecule has 1 amide bonds. The molecule has 25 heavy (non-hydrogen) atoms. The van der Waals surface area contributed by atoms with Crippen LogP contribution in [0.1, 0.15) is 18.4 Å². The fourth-order valence-corrected chi connectivity index (χ4v) is 4.72. The summed E-state index contributed by atoms with van der Waals surface area (Å²) < 4.78 is 23.9. The smallest absolute Gasteiger partial charge is 0.226 e. The standard InChI is InChI=1S/C16H23BrN4O3S/c1-11-9-12(17)3-4-14(11)21-15(22)5-7-19-16(18-2)20-13-6-8-25(23,24)10-13/h3-4,9,13H,5-8,10H2,1-2H3,(H,21,22)(H2,18,19,20). The van der Waals surface area contributed by atoms with Crippen molar-refractivity contribution in [3.05, 3.63) is 28.2 Å². The highest BCUT2D eigenvalue weighted by molar-refractivity contribution is 9.10. The van der Waals surface area contributed by atoms with Crippen molar-refractivity contribution >= 4 is 43.3 Å². The third-order valence-corrected chi connectivity index (χ3v) is 6.17. The maximum absolute atomic E-state index is 12.0. The molecule has 0 bridgehead atoms. The first-order valence-corrected chi connectivity index (χ1v) is 10.6. The number of guanidine groups is 1. The van der Waals surface area contributed by atoms with Gasteiger partial charge >= 0.3 is 0 Å². The molecule has 1 aromatic rings. The number of aliphatic imine (C=N–C) groups is 1. The monoisotopic (exact) mass is 430 g/mol. The van der Waals surface area contributed by atoms with Gasteiger partial charge in [-0.15, -0.1) is 0 Å². The molecule has 138 valence electrons. The van der Waals surface area contributed by atoms with Crippen molar-refractivity contribution in [2.45, 2.75) is 25.8 Å². The van der Waals surface area contributed by atoms with E-state index in [1.165, 1.54) is 0 Å². The van der Waals surface area contributed by atoms with Crippen molar-refractivity contribution in [2.75, 3.05) is 30.4 Å². The molecule has 1 saturated heterocycles. The minimum absolute atomic E-state index is 0.100. The number of nitrogens with zero attached hydrogens (tertiary/aromatic N) is 1. The topological polar surface area (TPSA) is 99.7 Å². The van der Waals surface area contributed by atoms with Crippen molar-refractivity contribution in [3.8, 4) is 0 Å². The first-order valence-electron chi connectivity index (χ1n) is 8.02. The normalized spacial score (nSPS) is 19.5. The third kappa shape index (κ3) is 6.32. The quantitative estimate of drug-likeness (QED) is 0.484. The maximum Gasteiger partial charge on any atom is 0.226 e. The summed E-state index contributed by atoms with van der Waals surface area (Å²) in [6, 6.07) is 5.54. The maximum atomic E-state index is 12.0. The molecule has 1 aliphatic rings. The molecule has 1 aliphatic heterocycles. The Hall–Kier alpha value is -1.61. The van der Waals surface area contributed by atoms with Gasteiger partial charge in [-0.25, -0.2) is 8.42 Å². The lowest BCUT2D eigenvalue weighted by Gasteiger charge is -2.16. The van der Waals surface area contributed by atoms with Crippen molar-refractivity contribution in [1.82, 2.24) is 10.6 Å². The molecule has 1 heterocycles. The number of sulfone groups is 1. The molecule has 2 rings (SSSR count). The number of carbonyl (C=O) groups is 1. The van der Waals surface area contributed by atoms with Crippen LogP contribution in [0.2, 0.25) is 0 Å². The van der Waals surface area contributed by atoms with Crippen LogP contribution >= 0.6 is 15.9 Å². The number of nitrogens with one attached hydrogen (secondary N) is 3. The molecule has 0 saturated carbocycles. The molecule has 9 heteroatoms. The highest BCUT2D eigenvalue weighted by Crippen LogP contribution is 2.20. The Labute approximate surface area is 156 Å². The first-order chi connectivity index (χ1) is 11.8. The summed E-state index contributed by atoms with van der Waals surface area (Å²) in [4.78, 5) is 16.1. The van der Waals surface area contributed by atoms with Gasteiger partial charge in [0.25, 0.3) is 0 Å². The van der Waals surface area contributed by atoms with E-state index in [9.17, 15) is 13.2 Å². The van der Waals surface area contributed by atoms with Crippen LogP contribution in [0.3, 0.4) is 0 Å². The Bertz CT molecular complexity index is 765. The van der Waals surface area contributed by atoms with Gasteiger partial charge in [-0.3, -0.25) is 9.79 Å². The third-order valence-electron chi connectivity index (χ3n) is 3.90. The SMILES string of the molecule is CN=C(NCCC(=O)Nc1ccc(Br)cc1C)NC1CCS(=O)(=O)C1. The lowest BCUT2D eigenvalue weighted by atomic mass is 10.2. The fourth-order valence-electron chi connectivity index (χ4n) is 2.57. The Morgan fingerprint density at radius 3 is 2.76 bits per heavy atom. The number of benzene rings is 1. The average molecular weight is 431 g/mol. The molecule has 1 unspecified atom stereocenters. The van der Waals surface area contributed by atoms with E-state index in [-0.39, 0.29) is 29.9 Å². The molecule has 1 aromatic carbocycles. The van der Waals surface area contributed by atoms with Crippen molar-refractivity contribution < 1.29 is 13.2 Å². The molecular weight excluding hydrogens is 408 g/mol. The van der Waals surface area contributed by atoms with Gasteiger partial charge in [-0.1, -0.05) is 15.9 Å². The van der Waals surface area contributed by atoms with E-state index in [0.29, 0.717) is 18.9 Å². The van der Waals surface area contributed by atoms with Crippen LogP contribution in [0.4, 0.5) is 5.69 Å². The molecular formula is C16H23BrN4O3S. The van der Waals surface area contributed by atoms with Gasteiger partial charge in [0.05, 0.1) is 11.5 Å². The minimum atomic E-state index is -2.94. The van der Waals surface area contributed by atoms with E-state index < -0.39 is 9.84 Å². The number of hydrogen-bond donors (Lipinski definition) is 3. The number of amides is 1. The molecule has 0 radical (unpaired) electrons. The zero-order valence-corrected chi connectivity index (χ0v) is 16.7. The molecule has 7 nitrogen and oxygen atoms in total. The number of anilines is 1. The van der Waals surface area contributed by atoms with E-state index in [1.807, 2.05) is 25.1 Å². The van der Waals surface area contributed by atoms with Crippen molar-refractivity contribution in [1.29, 1.82) is 0 Å². The Morgan fingerprint density at radius 2 is 2.16 bits per heavy atom. The first kappa shape index (κ1) is 19.7. The molecule has 1 atom stereocenters. The lowest BCUT2D eigenvalue weighted by molar-refractivity contribution is -0.116. The predicted molar refractivity (Wildman–Crippen MR) is 104 cm³/mol. The second-order valence-corrected chi connectivity index (χ2v) is 9.15. The second-order valence-electron chi connectivity index (χ2n) is 6.00. The molecule has 1 fully saturated rings. The second kappa shape index (κ2) is 8.66. The summed E-state index contributed by atoms with van der Waals surface area (Å²) in [6.45, 7) is 2.33. The summed E-state index contributed by atoms with van der Waals surface area (Å²) in [5.41, 5.74) is 1.77. The van der Waals surface area contributed by atoms with Crippen LogP contribution in [0.15, 0.2) is 27.7 Å². The molecule has 0 spiro atoms. The van der Waals surface area contributed by atoms with Crippen molar-refractivity contribution in [2.24, 2.45) is 4.99 Å². The zero-order chi connectivity index (χ0) is 18.4. The number of rotatable bonds is 5. The average Bonchev–Trinajstić information content (AvgIpc) is 2.88.